The molecule has 4 nitrogen and oxygen atoms in total. The molecule has 0 spiro atoms. The maximum Gasteiger partial charge on any atom is 0.309 e. The number of carbonyl (C=O) groups is 1. The molecule has 1 aliphatic rings. The Morgan fingerprint density at radius 1 is 1.56 bits per heavy atom. The predicted molar refractivity (Wildman–Crippen MR) is 73.5 cm³/mol. The van der Waals surface area contributed by atoms with Crippen molar-refractivity contribution in [2.75, 3.05) is 47.4 Å². The van der Waals surface area contributed by atoms with Crippen molar-refractivity contribution in [1.82, 2.24) is 9.80 Å². The largest absolute Gasteiger partial charge is 0.469 e. The van der Waals surface area contributed by atoms with Gasteiger partial charge >= 0.3 is 5.97 Å². The van der Waals surface area contributed by atoms with Crippen molar-refractivity contribution in [3.63, 3.8) is 0 Å². The number of nitrogens with zero attached hydrogens (tertiary/aromatic N) is 2. The lowest BCUT2D eigenvalue weighted by atomic mass is 9.97. The van der Waals surface area contributed by atoms with Crippen LogP contribution in [0.2, 0.25) is 0 Å². The molecule has 0 saturated carbocycles. The zero-order chi connectivity index (χ0) is 13.5. The van der Waals surface area contributed by atoms with Crippen LogP contribution in [0.5, 0.6) is 0 Å². The number of likely N-dealkylation sites (tertiary alicyclic amines) is 1. The van der Waals surface area contributed by atoms with Crippen LogP contribution in [0.15, 0.2) is 0 Å². The van der Waals surface area contributed by atoms with Crippen LogP contribution in [0.1, 0.15) is 26.2 Å². The van der Waals surface area contributed by atoms with Crippen LogP contribution >= 0.6 is 0 Å². The number of piperidine rings is 1. The van der Waals surface area contributed by atoms with E-state index in [-0.39, 0.29) is 11.9 Å². The molecule has 0 bridgehead atoms. The number of hydrogen-bond donors (Lipinski definition) is 0. The minimum atomic E-state index is -0.0786. The summed E-state index contributed by atoms with van der Waals surface area (Å²) in [4.78, 5) is 16.3. The number of ether oxygens (including phenoxy) is 1. The summed E-state index contributed by atoms with van der Waals surface area (Å²) in [5.74, 6) is 0.676. The van der Waals surface area contributed by atoms with Gasteiger partial charge < -0.3 is 14.5 Å². The standard InChI is InChI=1S/C14H28N2O2/c1-5-13(14(17)18-4)11-16(3)10-12-7-6-8-15(2)9-12/h12-13H,5-11H2,1-4H3. The molecule has 0 radical (unpaired) electrons. The van der Waals surface area contributed by atoms with Gasteiger partial charge in [-0.05, 0) is 45.8 Å². The van der Waals surface area contributed by atoms with Crippen LogP contribution in [-0.4, -0.2) is 63.2 Å². The van der Waals surface area contributed by atoms with Gasteiger partial charge in [-0.2, -0.15) is 0 Å². The third-order valence-electron chi connectivity index (χ3n) is 3.85. The number of esters is 1. The SMILES string of the molecule is CCC(CN(C)CC1CCCN(C)C1)C(=O)OC. The molecule has 1 aliphatic heterocycles. The Morgan fingerprint density at radius 3 is 2.83 bits per heavy atom. The van der Waals surface area contributed by atoms with Gasteiger partial charge in [-0.15, -0.1) is 0 Å². The highest BCUT2D eigenvalue weighted by atomic mass is 16.5. The van der Waals surface area contributed by atoms with Gasteiger partial charge in [0.05, 0.1) is 13.0 Å². The van der Waals surface area contributed by atoms with Gasteiger partial charge in [0, 0.05) is 19.6 Å². The minimum absolute atomic E-state index is 0.0151. The van der Waals surface area contributed by atoms with Crippen molar-refractivity contribution in [3.05, 3.63) is 0 Å². The molecule has 0 aromatic rings. The molecule has 0 aromatic carbocycles. The zero-order valence-corrected chi connectivity index (χ0v) is 12.3. The molecular weight excluding hydrogens is 228 g/mol. The summed E-state index contributed by atoms with van der Waals surface area (Å²) in [6, 6.07) is 0. The van der Waals surface area contributed by atoms with Crippen molar-refractivity contribution >= 4 is 5.97 Å². The first-order chi connectivity index (χ1) is 8.56. The predicted octanol–water partition coefficient (Wildman–Crippen LogP) is 1.46. The number of hydrogen-bond acceptors (Lipinski definition) is 4. The van der Waals surface area contributed by atoms with Crippen LogP contribution in [0, 0.1) is 11.8 Å². The monoisotopic (exact) mass is 256 g/mol. The fraction of sp³-hybridized carbons (Fsp3) is 0.929. The first-order valence-electron chi connectivity index (χ1n) is 7.01. The van der Waals surface area contributed by atoms with E-state index in [2.05, 4.69) is 23.9 Å². The van der Waals surface area contributed by atoms with E-state index < -0.39 is 0 Å². The fourth-order valence-electron chi connectivity index (χ4n) is 2.85. The van der Waals surface area contributed by atoms with E-state index in [4.69, 9.17) is 4.74 Å². The average molecular weight is 256 g/mol. The van der Waals surface area contributed by atoms with Crippen molar-refractivity contribution in [2.45, 2.75) is 26.2 Å². The molecule has 1 saturated heterocycles. The first kappa shape index (κ1) is 15.4. The Hall–Kier alpha value is -0.610. The van der Waals surface area contributed by atoms with E-state index in [1.807, 2.05) is 6.92 Å². The maximum atomic E-state index is 11.6. The van der Waals surface area contributed by atoms with Crippen molar-refractivity contribution in [1.29, 1.82) is 0 Å². The van der Waals surface area contributed by atoms with E-state index in [0.717, 1.165) is 25.4 Å². The lowest BCUT2D eigenvalue weighted by molar-refractivity contribution is -0.146. The first-order valence-corrected chi connectivity index (χ1v) is 7.01. The fourth-order valence-corrected chi connectivity index (χ4v) is 2.85. The molecule has 0 aliphatic carbocycles. The van der Waals surface area contributed by atoms with Crippen molar-refractivity contribution in [2.24, 2.45) is 11.8 Å². The summed E-state index contributed by atoms with van der Waals surface area (Å²) in [7, 11) is 5.77. The van der Waals surface area contributed by atoms with Gasteiger partial charge in [0.1, 0.15) is 0 Å². The summed E-state index contributed by atoms with van der Waals surface area (Å²) in [6.07, 6.45) is 3.45. The number of carbonyl (C=O) groups excluding carboxylic acids is 1. The summed E-state index contributed by atoms with van der Waals surface area (Å²) in [5, 5.41) is 0. The van der Waals surface area contributed by atoms with Crippen LogP contribution < -0.4 is 0 Å². The Morgan fingerprint density at radius 2 is 2.28 bits per heavy atom. The van der Waals surface area contributed by atoms with E-state index in [0.29, 0.717) is 0 Å². The summed E-state index contributed by atoms with van der Waals surface area (Å²) < 4.78 is 4.84. The van der Waals surface area contributed by atoms with E-state index in [9.17, 15) is 4.79 Å². The molecule has 2 atom stereocenters. The molecule has 0 N–H and O–H groups in total. The minimum Gasteiger partial charge on any atom is -0.469 e. The average Bonchev–Trinajstić information content (AvgIpc) is 2.35. The number of methoxy groups -OCH3 is 1. The van der Waals surface area contributed by atoms with E-state index in [1.165, 1.54) is 33.0 Å². The highest BCUT2D eigenvalue weighted by Crippen LogP contribution is 2.17. The normalized spacial score (nSPS) is 23.1. The van der Waals surface area contributed by atoms with Gasteiger partial charge in [-0.1, -0.05) is 6.92 Å². The second-order valence-corrected chi connectivity index (χ2v) is 5.62. The second kappa shape index (κ2) is 7.74. The van der Waals surface area contributed by atoms with Gasteiger partial charge in [0.15, 0.2) is 0 Å². The number of rotatable bonds is 6. The Bertz CT molecular complexity index is 258. The summed E-state index contributed by atoms with van der Waals surface area (Å²) in [6.45, 7) is 6.34. The molecule has 2 unspecified atom stereocenters. The topological polar surface area (TPSA) is 32.8 Å². The molecule has 1 heterocycles. The Labute approximate surface area is 111 Å². The van der Waals surface area contributed by atoms with Gasteiger partial charge in [-0.3, -0.25) is 4.79 Å². The van der Waals surface area contributed by atoms with Crippen LogP contribution in [0.3, 0.4) is 0 Å². The smallest absolute Gasteiger partial charge is 0.309 e. The quantitative estimate of drug-likeness (QED) is 0.674. The lowest BCUT2D eigenvalue weighted by Crippen LogP contribution is -2.40. The zero-order valence-electron chi connectivity index (χ0n) is 12.3. The van der Waals surface area contributed by atoms with Crippen LogP contribution in [0.25, 0.3) is 0 Å². The Kier molecular flexibility index (Phi) is 6.65. The van der Waals surface area contributed by atoms with E-state index in [1.54, 1.807) is 0 Å². The highest BCUT2D eigenvalue weighted by Gasteiger charge is 2.22. The maximum absolute atomic E-state index is 11.6. The molecular formula is C14H28N2O2. The summed E-state index contributed by atoms with van der Waals surface area (Å²) >= 11 is 0. The van der Waals surface area contributed by atoms with Crippen LogP contribution in [0.4, 0.5) is 0 Å². The lowest BCUT2D eigenvalue weighted by Gasteiger charge is -2.33. The molecule has 18 heavy (non-hydrogen) atoms. The molecule has 1 fully saturated rings. The Balaban J connectivity index is 2.35. The molecule has 1 rings (SSSR count). The second-order valence-electron chi connectivity index (χ2n) is 5.62. The molecule has 106 valence electrons. The third kappa shape index (κ3) is 4.94. The summed E-state index contributed by atoms with van der Waals surface area (Å²) in [5.41, 5.74) is 0. The van der Waals surface area contributed by atoms with Gasteiger partial charge in [0.2, 0.25) is 0 Å². The van der Waals surface area contributed by atoms with Crippen molar-refractivity contribution in [3.8, 4) is 0 Å². The molecule has 0 amide bonds. The molecule has 4 heteroatoms. The van der Waals surface area contributed by atoms with Gasteiger partial charge in [-0.25, -0.2) is 0 Å². The third-order valence-corrected chi connectivity index (χ3v) is 3.85. The van der Waals surface area contributed by atoms with E-state index >= 15 is 0 Å². The van der Waals surface area contributed by atoms with Crippen molar-refractivity contribution < 1.29 is 9.53 Å². The van der Waals surface area contributed by atoms with Crippen LogP contribution in [-0.2, 0) is 9.53 Å². The highest BCUT2D eigenvalue weighted by molar-refractivity contribution is 5.72. The molecule has 0 aromatic heterocycles. The van der Waals surface area contributed by atoms with Gasteiger partial charge in [0.25, 0.3) is 0 Å².